The van der Waals surface area contributed by atoms with E-state index >= 15 is 0 Å². The molecule has 0 spiro atoms. The van der Waals surface area contributed by atoms with Crippen molar-refractivity contribution in [1.82, 2.24) is 8.87 Å². The molecular formula is C21H26N2O5S. The predicted molar refractivity (Wildman–Crippen MR) is 109 cm³/mol. The fourth-order valence-electron chi connectivity index (χ4n) is 3.61. The Balaban J connectivity index is 1.96. The summed E-state index contributed by atoms with van der Waals surface area (Å²) in [6.45, 7) is 5.05. The molecule has 0 bridgehead atoms. The number of nitrogens with zero attached hydrogens (tertiary/aromatic N) is 2. The van der Waals surface area contributed by atoms with Gasteiger partial charge in [-0.05, 0) is 51.3 Å². The number of ether oxygens (including phenoxy) is 1. The first-order chi connectivity index (χ1) is 13.6. The summed E-state index contributed by atoms with van der Waals surface area (Å²) in [6, 6.07) is 6.45. The van der Waals surface area contributed by atoms with Gasteiger partial charge in [-0.25, -0.2) is 13.2 Å². The Kier molecular flexibility index (Phi) is 5.69. The van der Waals surface area contributed by atoms with E-state index in [0.717, 1.165) is 18.4 Å². The maximum atomic E-state index is 13.2. The second-order valence-electron chi connectivity index (χ2n) is 7.50. The third-order valence-corrected chi connectivity index (χ3v) is 7.38. The van der Waals surface area contributed by atoms with Gasteiger partial charge in [-0.2, -0.15) is 4.31 Å². The third kappa shape index (κ3) is 3.86. The Labute approximate surface area is 171 Å². The molecule has 1 aliphatic rings. The lowest BCUT2D eigenvalue weighted by atomic mass is 10.1. The van der Waals surface area contributed by atoms with E-state index in [1.54, 1.807) is 49.7 Å². The fraction of sp³-hybridized carbons (Fsp3) is 0.429. The Hall–Kier alpha value is -2.45. The number of sulfonamides is 1. The first-order valence-corrected chi connectivity index (χ1v) is 10.9. The number of rotatable bonds is 7. The minimum Gasteiger partial charge on any atom is -0.464 e. The molecule has 2 aromatic rings. The summed E-state index contributed by atoms with van der Waals surface area (Å²) in [5.41, 5.74) is 2.75. The molecule has 0 amide bonds. The molecule has 8 heteroatoms. The van der Waals surface area contributed by atoms with Crippen molar-refractivity contribution in [2.75, 3.05) is 13.7 Å². The van der Waals surface area contributed by atoms with Crippen LogP contribution in [-0.2, 0) is 21.8 Å². The van der Waals surface area contributed by atoms with Gasteiger partial charge >= 0.3 is 5.97 Å². The van der Waals surface area contributed by atoms with E-state index in [1.165, 1.54) is 11.4 Å². The van der Waals surface area contributed by atoms with E-state index in [4.69, 9.17) is 4.74 Å². The zero-order chi connectivity index (χ0) is 21.5. The van der Waals surface area contributed by atoms with E-state index in [0.29, 0.717) is 22.5 Å². The molecule has 1 fully saturated rings. The first kappa shape index (κ1) is 21.3. The summed E-state index contributed by atoms with van der Waals surface area (Å²) < 4.78 is 34.1. The molecule has 0 atom stereocenters. The highest BCUT2D eigenvalue weighted by molar-refractivity contribution is 7.89. The molecule has 1 aromatic carbocycles. The molecule has 0 saturated heterocycles. The average molecular weight is 419 g/mol. The number of benzene rings is 1. The SMILES string of the molecule is COC(=O)c1c(C)c(C(=O)CN(C2CC2)S(=O)(=O)c2ccc(C)cc2)c(C)n1C. The summed E-state index contributed by atoms with van der Waals surface area (Å²) in [5, 5.41) is 0. The number of hydrogen-bond acceptors (Lipinski definition) is 5. The van der Waals surface area contributed by atoms with Crippen LogP contribution in [0.15, 0.2) is 29.2 Å². The summed E-state index contributed by atoms with van der Waals surface area (Å²) >= 11 is 0. The van der Waals surface area contributed by atoms with Crippen molar-refractivity contribution < 1.29 is 22.7 Å². The average Bonchev–Trinajstić information content (AvgIpc) is 3.47. The second kappa shape index (κ2) is 7.76. The van der Waals surface area contributed by atoms with Crippen LogP contribution in [0.1, 0.15) is 50.5 Å². The maximum Gasteiger partial charge on any atom is 0.354 e. The van der Waals surface area contributed by atoms with E-state index in [9.17, 15) is 18.0 Å². The Morgan fingerprint density at radius 1 is 1.14 bits per heavy atom. The largest absolute Gasteiger partial charge is 0.464 e. The number of hydrogen-bond donors (Lipinski definition) is 0. The fourth-order valence-corrected chi connectivity index (χ4v) is 5.25. The number of carbonyl (C=O) groups excluding carboxylic acids is 2. The molecule has 156 valence electrons. The van der Waals surface area contributed by atoms with Gasteiger partial charge in [-0.1, -0.05) is 17.7 Å². The molecule has 3 rings (SSSR count). The normalized spacial score (nSPS) is 14.3. The molecular weight excluding hydrogens is 392 g/mol. The Bertz CT molecular complexity index is 1060. The molecule has 1 saturated carbocycles. The number of Topliss-reactive ketones (excluding diaryl/α,β-unsaturated/α-hetero) is 1. The molecule has 0 unspecified atom stereocenters. The molecule has 0 radical (unpaired) electrons. The van der Waals surface area contributed by atoms with Gasteiger partial charge in [0.1, 0.15) is 5.69 Å². The second-order valence-corrected chi connectivity index (χ2v) is 9.39. The number of esters is 1. The zero-order valence-electron chi connectivity index (χ0n) is 17.4. The summed E-state index contributed by atoms with van der Waals surface area (Å²) in [7, 11) is -0.820. The minimum atomic E-state index is -3.79. The van der Waals surface area contributed by atoms with E-state index in [1.807, 2.05) is 6.92 Å². The molecule has 0 aliphatic heterocycles. The number of aryl methyl sites for hydroxylation is 1. The standard InChI is InChI=1S/C21H26N2O5S/c1-13-6-10-17(11-7-13)29(26,27)23(16-8-9-16)12-18(24)19-14(2)20(21(25)28-5)22(4)15(19)3/h6-7,10-11,16H,8-9,12H2,1-5H3. The molecule has 7 nitrogen and oxygen atoms in total. The van der Waals surface area contributed by atoms with Crippen LogP contribution in [0.2, 0.25) is 0 Å². The van der Waals surface area contributed by atoms with Crippen LogP contribution >= 0.6 is 0 Å². The Morgan fingerprint density at radius 2 is 1.72 bits per heavy atom. The lowest BCUT2D eigenvalue weighted by molar-refractivity contribution is 0.0588. The topological polar surface area (TPSA) is 85.7 Å². The van der Waals surface area contributed by atoms with E-state index < -0.39 is 16.0 Å². The van der Waals surface area contributed by atoms with Crippen molar-refractivity contribution >= 4 is 21.8 Å². The maximum absolute atomic E-state index is 13.2. The predicted octanol–water partition coefficient (Wildman–Crippen LogP) is 2.77. The number of aromatic nitrogens is 1. The molecule has 1 heterocycles. The summed E-state index contributed by atoms with van der Waals surface area (Å²) in [6.07, 6.45) is 1.47. The van der Waals surface area contributed by atoms with Crippen molar-refractivity contribution in [1.29, 1.82) is 0 Å². The Morgan fingerprint density at radius 3 is 2.24 bits per heavy atom. The van der Waals surface area contributed by atoms with Crippen LogP contribution in [-0.4, -0.2) is 48.7 Å². The zero-order valence-corrected chi connectivity index (χ0v) is 18.2. The smallest absolute Gasteiger partial charge is 0.354 e. The molecule has 29 heavy (non-hydrogen) atoms. The summed E-state index contributed by atoms with van der Waals surface area (Å²) in [5.74, 6) is -0.855. The monoisotopic (exact) mass is 418 g/mol. The van der Waals surface area contributed by atoms with Gasteiger partial charge in [0.15, 0.2) is 5.78 Å². The quantitative estimate of drug-likeness (QED) is 0.510. The lowest BCUT2D eigenvalue weighted by Crippen LogP contribution is -2.37. The van der Waals surface area contributed by atoms with Crippen molar-refractivity contribution in [2.24, 2.45) is 7.05 Å². The highest BCUT2D eigenvalue weighted by Crippen LogP contribution is 2.33. The van der Waals surface area contributed by atoms with Gasteiger partial charge in [0.05, 0.1) is 18.6 Å². The van der Waals surface area contributed by atoms with Gasteiger partial charge in [0.2, 0.25) is 10.0 Å². The van der Waals surface area contributed by atoms with Crippen LogP contribution in [0, 0.1) is 20.8 Å². The van der Waals surface area contributed by atoms with Gasteiger partial charge in [-0.3, -0.25) is 4.79 Å². The van der Waals surface area contributed by atoms with Crippen LogP contribution in [0.5, 0.6) is 0 Å². The van der Waals surface area contributed by atoms with E-state index in [2.05, 4.69) is 0 Å². The number of carbonyl (C=O) groups is 2. The van der Waals surface area contributed by atoms with Crippen molar-refractivity contribution in [3.8, 4) is 0 Å². The van der Waals surface area contributed by atoms with Crippen molar-refractivity contribution in [3.63, 3.8) is 0 Å². The first-order valence-electron chi connectivity index (χ1n) is 9.45. The summed E-state index contributed by atoms with van der Waals surface area (Å²) in [4.78, 5) is 25.4. The van der Waals surface area contributed by atoms with Gasteiger partial charge < -0.3 is 9.30 Å². The number of ketones is 1. The molecule has 1 aromatic heterocycles. The van der Waals surface area contributed by atoms with Crippen molar-refractivity contribution in [3.05, 3.63) is 52.3 Å². The van der Waals surface area contributed by atoms with Crippen LogP contribution in [0.25, 0.3) is 0 Å². The molecule has 1 aliphatic carbocycles. The van der Waals surface area contributed by atoms with Gasteiger partial charge in [0, 0.05) is 24.3 Å². The van der Waals surface area contributed by atoms with Crippen LogP contribution in [0.3, 0.4) is 0 Å². The highest BCUT2D eigenvalue weighted by atomic mass is 32.2. The van der Waals surface area contributed by atoms with Gasteiger partial charge in [0.25, 0.3) is 0 Å². The lowest BCUT2D eigenvalue weighted by Gasteiger charge is -2.21. The van der Waals surface area contributed by atoms with Gasteiger partial charge in [-0.15, -0.1) is 0 Å². The van der Waals surface area contributed by atoms with Crippen molar-refractivity contribution in [2.45, 2.75) is 44.6 Å². The molecule has 0 N–H and O–H groups in total. The minimum absolute atomic E-state index is 0.172. The van der Waals surface area contributed by atoms with E-state index in [-0.39, 0.29) is 23.3 Å². The van der Waals surface area contributed by atoms with Crippen LogP contribution in [0.4, 0.5) is 0 Å². The highest BCUT2D eigenvalue weighted by Gasteiger charge is 2.40. The van der Waals surface area contributed by atoms with Crippen LogP contribution < -0.4 is 0 Å². The number of methoxy groups -OCH3 is 1. The third-order valence-electron chi connectivity index (χ3n) is 5.47.